The number of esters is 1. The maximum absolute atomic E-state index is 11.5. The van der Waals surface area contributed by atoms with Crippen LogP contribution in [0.25, 0.3) is 0 Å². The Balaban J connectivity index is 2.05. The van der Waals surface area contributed by atoms with Crippen LogP contribution in [0.5, 0.6) is 0 Å². The lowest BCUT2D eigenvalue weighted by atomic mass is 10.1. The van der Waals surface area contributed by atoms with Gasteiger partial charge in [0.2, 0.25) is 0 Å². The Kier molecular flexibility index (Phi) is 4.36. The molecule has 1 fully saturated rings. The van der Waals surface area contributed by atoms with Crippen LogP contribution >= 0.6 is 11.8 Å². The van der Waals surface area contributed by atoms with Gasteiger partial charge in [0.05, 0.1) is 24.0 Å². The number of thioether (sulfide) groups is 1. The van der Waals surface area contributed by atoms with E-state index in [-0.39, 0.29) is 0 Å². The number of methoxy groups -OCH3 is 1. The third kappa shape index (κ3) is 2.90. The minimum atomic E-state index is -0.396. The number of ether oxygens (including phenoxy) is 1. The van der Waals surface area contributed by atoms with Gasteiger partial charge in [-0.1, -0.05) is 6.07 Å². The predicted octanol–water partition coefficient (Wildman–Crippen LogP) is 2.22. The molecule has 1 unspecified atom stereocenters. The molecule has 2 rings (SSSR count). The first-order valence-electron chi connectivity index (χ1n) is 6.00. The number of benzene rings is 1. The molecule has 98 valence electrons. The Morgan fingerprint density at radius 2 is 2.44 bits per heavy atom. The average Bonchev–Trinajstić information content (AvgIpc) is 2.90. The Morgan fingerprint density at radius 1 is 1.61 bits per heavy atom. The summed E-state index contributed by atoms with van der Waals surface area (Å²) in [6.45, 7) is 0.905. The monoisotopic (exact) mass is 266 g/mol. The van der Waals surface area contributed by atoms with Gasteiger partial charge in [0, 0.05) is 6.54 Å². The van der Waals surface area contributed by atoms with E-state index in [2.05, 4.69) is 5.32 Å². The number of carbonyl (C=O) groups is 1. The van der Waals surface area contributed by atoms with Crippen molar-refractivity contribution in [3.8, 4) is 0 Å². The van der Waals surface area contributed by atoms with Gasteiger partial charge in [0.1, 0.15) is 0 Å². The van der Waals surface area contributed by atoms with Gasteiger partial charge in [-0.25, -0.2) is 4.79 Å². The van der Waals surface area contributed by atoms with E-state index >= 15 is 0 Å². The molecule has 1 aromatic rings. The fourth-order valence-electron chi connectivity index (χ4n) is 2.01. The third-order valence-corrected chi connectivity index (χ3v) is 4.35. The van der Waals surface area contributed by atoms with Gasteiger partial charge in [-0.2, -0.15) is 11.8 Å². The van der Waals surface area contributed by atoms with Gasteiger partial charge in [0.15, 0.2) is 0 Å². The number of nitrogens with two attached hydrogens (primary N) is 1. The van der Waals surface area contributed by atoms with Crippen LogP contribution in [-0.2, 0) is 4.74 Å². The highest BCUT2D eigenvalue weighted by atomic mass is 32.2. The first kappa shape index (κ1) is 13.1. The topological polar surface area (TPSA) is 64.3 Å². The fraction of sp³-hybridized carbons (Fsp3) is 0.462. The molecule has 0 aromatic heterocycles. The fourth-order valence-corrected chi connectivity index (χ4v) is 3.29. The number of para-hydroxylation sites is 1. The zero-order chi connectivity index (χ0) is 13.0. The van der Waals surface area contributed by atoms with Crippen molar-refractivity contribution in [3.63, 3.8) is 0 Å². The Bertz CT molecular complexity index is 431. The minimum Gasteiger partial charge on any atom is -0.465 e. The molecule has 0 aliphatic carbocycles. The molecule has 1 aliphatic heterocycles. The second kappa shape index (κ2) is 6.00. The van der Waals surface area contributed by atoms with E-state index in [0.717, 1.165) is 12.2 Å². The summed E-state index contributed by atoms with van der Waals surface area (Å²) in [5, 5.41) is 3.33. The number of nitrogens with one attached hydrogen (secondary N) is 1. The molecule has 0 bridgehead atoms. The number of hydrogen-bond acceptors (Lipinski definition) is 5. The lowest BCUT2D eigenvalue weighted by Crippen LogP contribution is -2.15. The van der Waals surface area contributed by atoms with Crippen molar-refractivity contribution in [1.82, 2.24) is 0 Å². The molecule has 18 heavy (non-hydrogen) atoms. The van der Waals surface area contributed by atoms with E-state index in [0.29, 0.717) is 17.2 Å². The molecular weight excluding hydrogens is 248 g/mol. The zero-order valence-electron chi connectivity index (χ0n) is 10.4. The predicted molar refractivity (Wildman–Crippen MR) is 76.1 cm³/mol. The smallest absolute Gasteiger partial charge is 0.340 e. The molecule has 5 heteroatoms. The van der Waals surface area contributed by atoms with Crippen LogP contribution in [0.4, 0.5) is 11.4 Å². The van der Waals surface area contributed by atoms with E-state index < -0.39 is 5.97 Å². The summed E-state index contributed by atoms with van der Waals surface area (Å²) in [6, 6.07) is 5.38. The van der Waals surface area contributed by atoms with Crippen molar-refractivity contribution >= 4 is 29.1 Å². The molecule has 1 aromatic carbocycles. The molecule has 0 amide bonds. The van der Waals surface area contributed by atoms with E-state index in [1.165, 1.54) is 25.0 Å². The SMILES string of the molecule is COC(=O)c1cccc(NCC2CCSC2)c1N. The number of carbonyl (C=O) groups excluding carboxylic acids is 1. The molecule has 1 atom stereocenters. The Morgan fingerprint density at radius 3 is 3.11 bits per heavy atom. The largest absolute Gasteiger partial charge is 0.465 e. The summed E-state index contributed by atoms with van der Waals surface area (Å²) in [6.07, 6.45) is 1.24. The van der Waals surface area contributed by atoms with Crippen molar-refractivity contribution < 1.29 is 9.53 Å². The van der Waals surface area contributed by atoms with Crippen LogP contribution in [0.3, 0.4) is 0 Å². The van der Waals surface area contributed by atoms with Crippen molar-refractivity contribution in [2.75, 3.05) is 36.2 Å². The molecule has 3 N–H and O–H groups in total. The van der Waals surface area contributed by atoms with E-state index in [9.17, 15) is 4.79 Å². The van der Waals surface area contributed by atoms with E-state index in [4.69, 9.17) is 10.5 Å². The summed E-state index contributed by atoms with van der Waals surface area (Å²) < 4.78 is 4.70. The average molecular weight is 266 g/mol. The Hall–Kier alpha value is -1.36. The first-order chi connectivity index (χ1) is 8.72. The van der Waals surface area contributed by atoms with Gasteiger partial charge in [-0.3, -0.25) is 0 Å². The van der Waals surface area contributed by atoms with Gasteiger partial charge < -0.3 is 15.8 Å². The summed E-state index contributed by atoms with van der Waals surface area (Å²) in [5.41, 5.74) is 7.68. The molecule has 0 saturated carbocycles. The number of rotatable bonds is 4. The van der Waals surface area contributed by atoms with Crippen LogP contribution in [0.2, 0.25) is 0 Å². The maximum atomic E-state index is 11.5. The molecular formula is C13H18N2O2S. The quantitative estimate of drug-likeness (QED) is 0.646. The second-order valence-electron chi connectivity index (χ2n) is 4.37. The molecule has 0 spiro atoms. The normalized spacial score (nSPS) is 18.6. The lowest BCUT2D eigenvalue weighted by molar-refractivity contribution is 0.0602. The van der Waals surface area contributed by atoms with Gasteiger partial charge in [-0.15, -0.1) is 0 Å². The van der Waals surface area contributed by atoms with Crippen LogP contribution < -0.4 is 11.1 Å². The van der Waals surface area contributed by atoms with E-state index in [1.54, 1.807) is 6.07 Å². The molecule has 1 saturated heterocycles. The number of anilines is 2. The summed E-state index contributed by atoms with van der Waals surface area (Å²) >= 11 is 1.99. The van der Waals surface area contributed by atoms with Crippen molar-refractivity contribution in [1.29, 1.82) is 0 Å². The van der Waals surface area contributed by atoms with Crippen LogP contribution in [0, 0.1) is 5.92 Å². The van der Waals surface area contributed by atoms with Gasteiger partial charge >= 0.3 is 5.97 Å². The Labute approximate surface area is 111 Å². The van der Waals surface area contributed by atoms with Gasteiger partial charge in [0.25, 0.3) is 0 Å². The number of nitrogen functional groups attached to an aromatic ring is 1. The van der Waals surface area contributed by atoms with Crippen LogP contribution in [-0.4, -0.2) is 31.1 Å². The highest BCUT2D eigenvalue weighted by Gasteiger charge is 2.17. The third-order valence-electron chi connectivity index (χ3n) is 3.12. The summed E-state index contributed by atoms with van der Waals surface area (Å²) in [7, 11) is 1.36. The second-order valence-corrected chi connectivity index (χ2v) is 5.52. The van der Waals surface area contributed by atoms with Crippen molar-refractivity contribution in [3.05, 3.63) is 23.8 Å². The first-order valence-corrected chi connectivity index (χ1v) is 7.16. The highest BCUT2D eigenvalue weighted by molar-refractivity contribution is 7.99. The minimum absolute atomic E-state index is 0.396. The van der Waals surface area contributed by atoms with Crippen LogP contribution in [0.15, 0.2) is 18.2 Å². The summed E-state index contributed by atoms with van der Waals surface area (Å²) in [5.74, 6) is 2.73. The summed E-state index contributed by atoms with van der Waals surface area (Å²) in [4.78, 5) is 11.5. The molecule has 4 nitrogen and oxygen atoms in total. The maximum Gasteiger partial charge on any atom is 0.340 e. The zero-order valence-corrected chi connectivity index (χ0v) is 11.3. The molecule has 0 radical (unpaired) electrons. The number of hydrogen-bond donors (Lipinski definition) is 2. The standard InChI is InChI=1S/C13H18N2O2S/c1-17-13(16)10-3-2-4-11(12(10)14)15-7-9-5-6-18-8-9/h2-4,9,15H,5-8,14H2,1H3. The van der Waals surface area contributed by atoms with E-state index in [1.807, 2.05) is 23.9 Å². The van der Waals surface area contributed by atoms with Crippen LogP contribution in [0.1, 0.15) is 16.8 Å². The van der Waals surface area contributed by atoms with Gasteiger partial charge in [-0.05, 0) is 36.0 Å². The van der Waals surface area contributed by atoms with Crippen molar-refractivity contribution in [2.24, 2.45) is 5.92 Å². The van der Waals surface area contributed by atoms with Crippen molar-refractivity contribution in [2.45, 2.75) is 6.42 Å². The molecule has 1 aliphatic rings. The highest BCUT2D eigenvalue weighted by Crippen LogP contribution is 2.27. The molecule has 1 heterocycles. The lowest BCUT2D eigenvalue weighted by Gasteiger charge is -2.14.